The van der Waals surface area contributed by atoms with E-state index in [9.17, 15) is 9.59 Å². The van der Waals surface area contributed by atoms with Crippen LogP contribution in [0.2, 0.25) is 0 Å². The van der Waals surface area contributed by atoms with E-state index >= 15 is 0 Å². The van der Waals surface area contributed by atoms with E-state index in [2.05, 4.69) is 69.6 Å². The molecule has 0 aliphatic heterocycles. The SMILES string of the molecule is CC(=NNC(=O)CCCC(=O)NN=C(C)c1ccc(C2CCCCC2)cc1)c1ccc(C2CCCCC2)cc1. The van der Waals surface area contributed by atoms with Crippen LogP contribution in [0.15, 0.2) is 58.7 Å². The number of hydrogen-bond acceptors (Lipinski definition) is 4. The van der Waals surface area contributed by atoms with Gasteiger partial charge in [0.25, 0.3) is 0 Å². The molecule has 2 aromatic rings. The summed E-state index contributed by atoms with van der Waals surface area (Å²) in [7, 11) is 0. The Morgan fingerprint density at radius 3 is 1.33 bits per heavy atom. The van der Waals surface area contributed by atoms with Crippen molar-refractivity contribution in [2.24, 2.45) is 10.2 Å². The van der Waals surface area contributed by atoms with E-state index in [0.717, 1.165) is 22.6 Å². The Bertz CT molecular complexity index is 1050. The first-order valence-electron chi connectivity index (χ1n) is 14.9. The van der Waals surface area contributed by atoms with Crippen LogP contribution in [0.1, 0.15) is 131 Å². The highest BCUT2D eigenvalue weighted by Crippen LogP contribution is 2.33. The third-order valence-electron chi connectivity index (χ3n) is 8.31. The first-order chi connectivity index (χ1) is 19.0. The van der Waals surface area contributed by atoms with Crippen LogP contribution in [0.5, 0.6) is 0 Å². The molecule has 0 unspecified atom stereocenters. The molecule has 2 amide bonds. The Morgan fingerprint density at radius 1 is 0.615 bits per heavy atom. The van der Waals surface area contributed by atoms with Gasteiger partial charge in [-0.3, -0.25) is 9.59 Å². The summed E-state index contributed by atoms with van der Waals surface area (Å²) in [5, 5.41) is 8.52. The number of rotatable bonds is 10. The molecule has 208 valence electrons. The minimum Gasteiger partial charge on any atom is -0.273 e. The number of carbonyl (C=O) groups excluding carboxylic acids is 2. The molecule has 0 radical (unpaired) electrons. The maximum atomic E-state index is 12.2. The monoisotopic (exact) mass is 528 g/mol. The summed E-state index contributed by atoms with van der Waals surface area (Å²) < 4.78 is 0. The molecule has 0 atom stereocenters. The molecule has 2 fully saturated rings. The van der Waals surface area contributed by atoms with Gasteiger partial charge in [-0.05, 0) is 80.0 Å². The normalized spacial score (nSPS) is 17.6. The molecular formula is C33H44N4O2. The summed E-state index contributed by atoms with van der Waals surface area (Å²) in [5.41, 5.74) is 11.6. The molecule has 2 N–H and O–H groups in total. The van der Waals surface area contributed by atoms with Crippen molar-refractivity contribution in [2.45, 2.75) is 109 Å². The zero-order valence-electron chi connectivity index (χ0n) is 23.7. The first-order valence-corrected chi connectivity index (χ1v) is 14.9. The van der Waals surface area contributed by atoms with Crippen molar-refractivity contribution in [3.8, 4) is 0 Å². The number of hydrazone groups is 2. The van der Waals surface area contributed by atoms with E-state index in [1.54, 1.807) is 0 Å². The van der Waals surface area contributed by atoms with Gasteiger partial charge in [0, 0.05) is 12.8 Å². The second-order valence-electron chi connectivity index (χ2n) is 11.2. The molecular weight excluding hydrogens is 484 g/mol. The van der Waals surface area contributed by atoms with Crippen LogP contribution >= 0.6 is 0 Å². The Kier molecular flexibility index (Phi) is 10.9. The molecule has 2 saturated carbocycles. The molecule has 4 rings (SSSR count). The summed E-state index contributed by atoms with van der Waals surface area (Å²) in [6.45, 7) is 3.79. The number of carbonyl (C=O) groups is 2. The molecule has 0 saturated heterocycles. The molecule has 0 bridgehead atoms. The fourth-order valence-electron chi connectivity index (χ4n) is 5.81. The fourth-order valence-corrected chi connectivity index (χ4v) is 5.81. The van der Waals surface area contributed by atoms with Crippen molar-refractivity contribution in [2.75, 3.05) is 0 Å². The predicted octanol–water partition coefficient (Wildman–Crippen LogP) is 7.33. The second-order valence-corrected chi connectivity index (χ2v) is 11.2. The molecule has 39 heavy (non-hydrogen) atoms. The van der Waals surface area contributed by atoms with Crippen LogP contribution in [0.4, 0.5) is 0 Å². The van der Waals surface area contributed by atoms with Gasteiger partial charge in [-0.25, -0.2) is 10.9 Å². The zero-order chi connectivity index (χ0) is 27.5. The van der Waals surface area contributed by atoms with Crippen LogP contribution in [0.25, 0.3) is 0 Å². The van der Waals surface area contributed by atoms with Gasteiger partial charge in [0.1, 0.15) is 0 Å². The smallest absolute Gasteiger partial charge is 0.240 e. The molecule has 0 aromatic heterocycles. The average Bonchev–Trinajstić information content (AvgIpc) is 2.99. The highest BCUT2D eigenvalue weighted by Gasteiger charge is 2.16. The Labute approximate surface area is 233 Å². The summed E-state index contributed by atoms with van der Waals surface area (Å²) in [4.78, 5) is 24.5. The maximum Gasteiger partial charge on any atom is 0.240 e. The van der Waals surface area contributed by atoms with Gasteiger partial charge in [-0.15, -0.1) is 0 Å². The first kappa shape index (κ1) is 28.7. The topological polar surface area (TPSA) is 82.9 Å². The number of hydrogen-bond donors (Lipinski definition) is 2. The second kappa shape index (κ2) is 14.8. The van der Waals surface area contributed by atoms with Crippen molar-refractivity contribution in [1.82, 2.24) is 10.9 Å². The van der Waals surface area contributed by atoms with E-state index in [0.29, 0.717) is 18.3 Å². The highest BCUT2D eigenvalue weighted by atomic mass is 16.2. The van der Waals surface area contributed by atoms with E-state index in [1.165, 1.54) is 75.3 Å². The lowest BCUT2D eigenvalue weighted by atomic mass is 9.84. The van der Waals surface area contributed by atoms with Gasteiger partial charge in [-0.1, -0.05) is 87.1 Å². The molecule has 6 nitrogen and oxygen atoms in total. The average molecular weight is 529 g/mol. The van der Waals surface area contributed by atoms with E-state index < -0.39 is 0 Å². The minimum atomic E-state index is -0.196. The number of nitrogens with one attached hydrogen (secondary N) is 2. The molecule has 6 heteroatoms. The van der Waals surface area contributed by atoms with Gasteiger partial charge in [0.2, 0.25) is 11.8 Å². The summed E-state index contributed by atoms with van der Waals surface area (Å²) >= 11 is 0. The zero-order valence-corrected chi connectivity index (χ0v) is 23.7. The van der Waals surface area contributed by atoms with Gasteiger partial charge >= 0.3 is 0 Å². The molecule has 0 heterocycles. The van der Waals surface area contributed by atoms with Crippen molar-refractivity contribution in [1.29, 1.82) is 0 Å². The van der Waals surface area contributed by atoms with Crippen LogP contribution in [0.3, 0.4) is 0 Å². The predicted molar refractivity (Wildman–Crippen MR) is 159 cm³/mol. The van der Waals surface area contributed by atoms with Crippen LogP contribution in [-0.4, -0.2) is 23.2 Å². The molecule has 2 aliphatic rings. The minimum absolute atomic E-state index is 0.196. The Balaban J connectivity index is 1.15. The van der Waals surface area contributed by atoms with Gasteiger partial charge < -0.3 is 0 Å². The Morgan fingerprint density at radius 2 is 0.974 bits per heavy atom. The van der Waals surface area contributed by atoms with Crippen LogP contribution < -0.4 is 10.9 Å². The molecule has 2 aromatic carbocycles. The largest absolute Gasteiger partial charge is 0.273 e. The molecule has 2 aliphatic carbocycles. The third kappa shape index (κ3) is 8.87. The third-order valence-corrected chi connectivity index (χ3v) is 8.31. The van der Waals surface area contributed by atoms with Gasteiger partial charge in [-0.2, -0.15) is 10.2 Å². The summed E-state index contributed by atoms with van der Waals surface area (Å²) in [5.74, 6) is 0.959. The van der Waals surface area contributed by atoms with Crippen molar-refractivity contribution in [3.63, 3.8) is 0 Å². The van der Waals surface area contributed by atoms with Crippen LogP contribution in [-0.2, 0) is 9.59 Å². The maximum absolute atomic E-state index is 12.2. The van der Waals surface area contributed by atoms with Gasteiger partial charge in [0.15, 0.2) is 0 Å². The highest BCUT2D eigenvalue weighted by molar-refractivity contribution is 6.00. The number of benzene rings is 2. The lowest BCUT2D eigenvalue weighted by molar-refractivity contribution is -0.122. The summed E-state index contributed by atoms with van der Waals surface area (Å²) in [6.07, 6.45) is 14.0. The Hall–Kier alpha value is -3.28. The quantitative estimate of drug-likeness (QED) is 0.250. The number of nitrogens with zero attached hydrogens (tertiary/aromatic N) is 2. The van der Waals surface area contributed by atoms with Crippen LogP contribution in [0, 0.1) is 0 Å². The van der Waals surface area contributed by atoms with Crippen molar-refractivity contribution < 1.29 is 9.59 Å². The standard InChI is InChI=1S/C33H44N4O2/c1-24(26-16-20-30(21-17-26)28-10-5-3-6-11-28)34-36-32(38)14-9-15-33(39)37-35-25(2)27-18-22-31(23-19-27)29-12-7-4-8-13-29/h16-23,28-29H,3-15H2,1-2H3,(H,36,38)(H,37,39). The lowest BCUT2D eigenvalue weighted by Crippen LogP contribution is -2.22. The number of amides is 2. The fraction of sp³-hybridized carbons (Fsp3) is 0.515. The van der Waals surface area contributed by atoms with E-state index in [-0.39, 0.29) is 24.7 Å². The van der Waals surface area contributed by atoms with E-state index in [1.807, 2.05) is 13.8 Å². The molecule has 0 spiro atoms. The lowest BCUT2D eigenvalue weighted by Gasteiger charge is -2.22. The summed E-state index contributed by atoms with van der Waals surface area (Å²) in [6, 6.07) is 17.1. The van der Waals surface area contributed by atoms with E-state index in [4.69, 9.17) is 0 Å². The van der Waals surface area contributed by atoms with Crippen molar-refractivity contribution in [3.05, 3.63) is 70.8 Å². The van der Waals surface area contributed by atoms with Crippen molar-refractivity contribution >= 4 is 23.2 Å². The van der Waals surface area contributed by atoms with Gasteiger partial charge in [0.05, 0.1) is 11.4 Å².